The topological polar surface area (TPSA) is 82.9 Å². The molecule has 6 heteroatoms. The monoisotopic (exact) mass is 432 g/mol. The van der Waals surface area contributed by atoms with Gasteiger partial charge in [-0.3, -0.25) is 9.59 Å². The quantitative estimate of drug-likeness (QED) is 0.426. The van der Waals surface area contributed by atoms with Crippen molar-refractivity contribution >= 4 is 34.4 Å². The van der Waals surface area contributed by atoms with E-state index in [0.717, 1.165) is 22.0 Å². The van der Waals surface area contributed by atoms with Gasteiger partial charge in [-0.1, -0.05) is 42.5 Å². The molecule has 3 aromatic rings. The summed E-state index contributed by atoms with van der Waals surface area (Å²) in [7, 11) is 0. The molecule has 5 nitrogen and oxygen atoms in total. The van der Waals surface area contributed by atoms with E-state index < -0.39 is 11.3 Å². The molecule has 2 aromatic carbocycles. The van der Waals surface area contributed by atoms with E-state index in [1.165, 1.54) is 0 Å². The average Bonchev–Trinajstić information content (AvgIpc) is 3.36. The molecule has 3 atom stereocenters. The maximum Gasteiger partial charge on any atom is 0.306 e. The minimum Gasteiger partial charge on any atom is -0.466 e. The van der Waals surface area contributed by atoms with Crippen LogP contribution in [-0.4, -0.2) is 29.1 Å². The molecule has 158 valence electrons. The normalized spacial score (nSPS) is 22.9. The SMILES string of the molecule is CCOC(=O)C[C@@H]1CS[C@@H](c2ccccc2C)[C@]1(C#N)C(=O)c1c[nH]c2ccccc12. The van der Waals surface area contributed by atoms with Gasteiger partial charge in [-0.25, -0.2) is 0 Å². The number of nitrogens with one attached hydrogen (secondary N) is 1. The van der Waals surface area contributed by atoms with Crippen LogP contribution in [0.4, 0.5) is 0 Å². The zero-order chi connectivity index (χ0) is 22.0. The lowest BCUT2D eigenvalue weighted by molar-refractivity contribution is -0.144. The number of thioether (sulfide) groups is 1. The number of carbonyl (C=O) groups is 2. The lowest BCUT2D eigenvalue weighted by atomic mass is 9.66. The molecule has 0 bridgehead atoms. The summed E-state index contributed by atoms with van der Waals surface area (Å²) < 4.78 is 5.17. The van der Waals surface area contributed by atoms with Gasteiger partial charge < -0.3 is 9.72 Å². The molecule has 0 spiro atoms. The van der Waals surface area contributed by atoms with Gasteiger partial charge in [0.2, 0.25) is 0 Å². The number of Topliss-reactive ketones (excluding diaryl/α,β-unsaturated/α-hetero) is 1. The maximum atomic E-state index is 14.1. The third-order valence-corrected chi connectivity index (χ3v) is 7.66. The number of ketones is 1. The van der Waals surface area contributed by atoms with Crippen LogP contribution in [0.1, 0.15) is 40.1 Å². The summed E-state index contributed by atoms with van der Waals surface area (Å²) in [5.74, 6) is -0.503. The second kappa shape index (κ2) is 8.60. The van der Waals surface area contributed by atoms with E-state index in [0.29, 0.717) is 11.3 Å². The van der Waals surface area contributed by atoms with Crippen LogP contribution in [0, 0.1) is 29.6 Å². The van der Waals surface area contributed by atoms with Crippen molar-refractivity contribution in [1.82, 2.24) is 4.98 Å². The van der Waals surface area contributed by atoms with Crippen molar-refractivity contribution < 1.29 is 14.3 Å². The van der Waals surface area contributed by atoms with Gasteiger partial charge in [-0.05, 0) is 36.8 Å². The van der Waals surface area contributed by atoms with Crippen LogP contribution >= 0.6 is 11.8 Å². The lowest BCUT2D eigenvalue weighted by Crippen LogP contribution is -2.40. The predicted molar refractivity (Wildman–Crippen MR) is 122 cm³/mol. The molecular weight excluding hydrogens is 408 g/mol. The van der Waals surface area contributed by atoms with Crippen molar-refractivity contribution in [2.24, 2.45) is 11.3 Å². The third kappa shape index (κ3) is 3.53. The Balaban J connectivity index is 1.86. The van der Waals surface area contributed by atoms with Crippen LogP contribution in [0.5, 0.6) is 0 Å². The van der Waals surface area contributed by atoms with E-state index in [4.69, 9.17) is 4.74 Å². The number of nitriles is 1. The van der Waals surface area contributed by atoms with E-state index in [9.17, 15) is 14.9 Å². The summed E-state index contributed by atoms with van der Waals surface area (Å²) >= 11 is 1.58. The summed E-state index contributed by atoms with van der Waals surface area (Å²) in [6, 6.07) is 17.8. The smallest absolute Gasteiger partial charge is 0.306 e. The Bertz CT molecular complexity index is 1180. The highest BCUT2D eigenvalue weighted by Crippen LogP contribution is 2.59. The molecule has 0 radical (unpaired) electrons. The van der Waals surface area contributed by atoms with Crippen LogP contribution in [0.3, 0.4) is 0 Å². The maximum absolute atomic E-state index is 14.1. The van der Waals surface area contributed by atoms with E-state index in [2.05, 4.69) is 11.1 Å². The Morgan fingerprint density at radius 2 is 1.97 bits per heavy atom. The number of ether oxygens (including phenoxy) is 1. The second-order valence-electron chi connectivity index (χ2n) is 7.83. The first-order valence-electron chi connectivity index (χ1n) is 10.4. The Morgan fingerprint density at radius 3 is 2.71 bits per heavy atom. The highest BCUT2D eigenvalue weighted by atomic mass is 32.2. The molecule has 31 heavy (non-hydrogen) atoms. The number of hydrogen-bond donors (Lipinski definition) is 1. The molecule has 0 amide bonds. The first-order valence-corrected chi connectivity index (χ1v) is 11.4. The molecule has 1 fully saturated rings. The molecule has 1 aliphatic heterocycles. The van der Waals surface area contributed by atoms with Crippen molar-refractivity contribution in [2.75, 3.05) is 12.4 Å². The molecular formula is C25H24N2O3S. The van der Waals surface area contributed by atoms with Crippen LogP contribution in [0.2, 0.25) is 0 Å². The predicted octanol–water partition coefficient (Wildman–Crippen LogP) is 5.23. The molecule has 4 rings (SSSR count). The van der Waals surface area contributed by atoms with Crippen LogP contribution in [0.15, 0.2) is 54.7 Å². The van der Waals surface area contributed by atoms with Gasteiger partial charge >= 0.3 is 5.97 Å². The standard InChI is InChI=1S/C25H24N2O3S/c1-3-30-22(28)12-17-14-31-24(18-9-5-4-8-16(18)2)25(17,15-26)23(29)20-13-27-21-11-7-6-10-19(20)21/h4-11,13,17,24,27H,3,12,14H2,1-2H3/t17-,24+,25+/m1/s1. The van der Waals surface area contributed by atoms with Crippen LogP contribution < -0.4 is 0 Å². The number of carbonyl (C=O) groups excluding carboxylic acids is 2. The number of fused-ring (bicyclic) bond motifs is 1. The van der Waals surface area contributed by atoms with Crippen molar-refractivity contribution in [3.05, 3.63) is 71.4 Å². The fourth-order valence-corrected chi connectivity index (χ4v) is 6.40. The van der Waals surface area contributed by atoms with Gasteiger partial charge in [0.25, 0.3) is 0 Å². The Hall–Kier alpha value is -3.04. The molecule has 0 saturated carbocycles. The second-order valence-corrected chi connectivity index (χ2v) is 8.97. The minimum absolute atomic E-state index is 0.0465. The molecule has 1 aliphatic rings. The fraction of sp³-hybridized carbons (Fsp3) is 0.320. The van der Waals surface area contributed by atoms with Crippen molar-refractivity contribution in [3.8, 4) is 6.07 Å². The van der Waals surface area contributed by atoms with Gasteiger partial charge in [-0.2, -0.15) is 17.0 Å². The Kier molecular flexibility index (Phi) is 5.88. The molecule has 1 N–H and O–H groups in total. The molecule has 2 heterocycles. The zero-order valence-corrected chi connectivity index (χ0v) is 18.4. The zero-order valence-electron chi connectivity index (χ0n) is 17.6. The average molecular weight is 433 g/mol. The lowest BCUT2D eigenvalue weighted by Gasteiger charge is -2.32. The largest absolute Gasteiger partial charge is 0.466 e. The number of para-hydroxylation sites is 1. The van der Waals surface area contributed by atoms with Crippen LogP contribution in [-0.2, 0) is 9.53 Å². The Morgan fingerprint density at radius 1 is 1.23 bits per heavy atom. The number of rotatable bonds is 6. The van der Waals surface area contributed by atoms with Gasteiger partial charge in [0, 0.05) is 28.6 Å². The van der Waals surface area contributed by atoms with Crippen LogP contribution in [0.25, 0.3) is 10.9 Å². The summed E-state index contributed by atoms with van der Waals surface area (Å²) in [6.07, 6.45) is 1.73. The first-order chi connectivity index (χ1) is 15.0. The van der Waals surface area contributed by atoms with Gasteiger partial charge in [0.15, 0.2) is 5.78 Å². The van der Waals surface area contributed by atoms with Crippen molar-refractivity contribution in [2.45, 2.75) is 25.5 Å². The van der Waals surface area contributed by atoms with Gasteiger partial charge in [0.1, 0.15) is 5.41 Å². The number of aryl methyl sites for hydroxylation is 1. The third-order valence-electron chi connectivity index (χ3n) is 6.11. The van der Waals surface area contributed by atoms with E-state index in [1.807, 2.05) is 55.5 Å². The summed E-state index contributed by atoms with van der Waals surface area (Å²) in [4.78, 5) is 29.6. The summed E-state index contributed by atoms with van der Waals surface area (Å²) in [6.45, 7) is 4.02. The number of esters is 1. The molecule has 1 aromatic heterocycles. The highest BCUT2D eigenvalue weighted by Gasteiger charge is 2.58. The van der Waals surface area contributed by atoms with Gasteiger partial charge in [0.05, 0.1) is 24.3 Å². The first kappa shape index (κ1) is 21.2. The minimum atomic E-state index is -1.37. The number of hydrogen-bond acceptors (Lipinski definition) is 5. The summed E-state index contributed by atoms with van der Waals surface area (Å²) in [5, 5.41) is 11.0. The molecule has 0 unspecified atom stereocenters. The van der Waals surface area contributed by atoms with Crippen molar-refractivity contribution in [1.29, 1.82) is 5.26 Å². The molecule has 1 saturated heterocycles. The number of aromatic amines is 1. The summed E-state index contributed by atoms with van der Waals surface area (Å²) in [5.41, 5.74) is 1.97. The van der Waals surface area contributed by atoms with E-state index in [-0.39, 0.29) is 30.0 Å². The number of benzene rings is 2. The fourth-order valence-electron chi connectivity index (χ4n) is 4.53. The molecule has 0 aliphatic carbocycles. The van der Waals surface area contributed by atoms with Gasteiger partial charge in [-0.15, -0.1) is 0 Å². The number of aromatic nitrogens is 1. The van der Waals surface area contributed by atoms with E-state index in [1.54, 1.807) is 24.9 Å². The highest BCUT2D eigenvalue weighted by molar-refractivity contribution is 7.99. The number of H-pyrrole nitrogens is 1. The van der Waals surface area contributed by atoms with E-state index >= 15 is 0 Å². The van der Waals surface area contributed by atoms with Crippen molar-refractivity contribution in [3.63, 3.8) is 0 Å². The number of nitrogens with zero attached hydrogens (tertiary/aromatic N) is 1. The Labute approximate surface area is 185 Å².